The van der Waals surface area contributed by atoms with E-state index in [0.29, 0.717) is 5.75 Å². The van der Waals surface area contributed by atoms with Crippen LogP contribution in [0.4, 0.5) is 14.5 Å². The van der Waals surface area contributed by atoms with E-state index in [-0.39, 0.29) is 22.0 Å². The lowest BCUT2D eigenvalue weighted by atomic mass is 10.1. The molecule has 0 aliphatic heterocycles. The zero-order valence-corrected chi connectivity index (χ0v) is 13.0. The number of benzene rings is 2. The van der Waals surface area contributed by atoms with Crippen molar-refractivity contribution >= 4 is 21.6 Å². The molecule has 0 aliphatic carbocycles. The Morgan fingerprint density at radius 2 is 1.90 bits per heavy atom. The summed E-state index contributed by atoms with van der Waals surface area (Å²) in [6.45, 7) is 1.82. The lowest BCUT2D eigenvalue weighted by Crippen LogP contribution is -2.08. The van der Waals surface area contributed by atoms with E-state index < -0.39 is 11.6 Å². The van der Waals surface area contributed by atoms with Crippen molar-refractivity contribution in [2.24, 2.45) is 0 Å². The molecular formula is C15H14BrF2NO2. The van der Waals surface area contributed by atoms with E-state index >= 15 is 0 Å². The Hall–Kier alpha value is -1.82. The summed E-state index contributed by atoms with van der Waals surface area (Å²) >= 11 is 3.02. The molecule has 0 amide bonds. The van der Waals surface area contributed by atoms with Crippen LogP contribution in [0.1, 0.15) is 18.5 Å². The molecule has 0 saturated heterocycles. The zero-order valence-electron chi connectivity index (χ0n) is 11.5. The predicted molar refractivity (Wildman–Crippen MR) is 80.8 cm³/mol. The number of hydrogen-bond donors (Lipinski definition) is 2. The Morgan fingerprint density at radius 1 is 1.19 bits per heavy atom. The minimum Gasteiger partial charge on any atom is -0.504 e. The Labute approximate surface area is 129 Å². The molecule has 0 saturated carbocycles. The lowest BCUT2D eigenvalue weighted by molar-refractivity contribution is 0.373. The highest BCUT2D eigenvalue weighted by molar-refractivity contribution is 9.10. The van der Waals surface area contributed by atoms with Crippen molar-refractivity contribution in [3.05, 3.63) is 52.0 Å². The summed E-state index contributed by atoms with van der Waals surface area (Å²) in [6, 6.07) is 6.76. The molecule has 0 fully saturated rings. The highest BCUT2D eigenvalue weighted by Gasteiger charge is 2.13. The standard InChI is InChI=1S/C15H14BrF2NO2/c1-8(9-3-4-14(20)15(5-9)21-2)19-13-6-10(16)11(17)7-12(13)18/h3-8,19-20H,1-2H3. The average Bonchev–Trinajstić information content (AvgIpc) is 2.45. The maximum absolute atomic E-state index is 13.7. The molecule has 1 atom stereocenters. The third-order valence-corrected chi connectivity index (χ3v) is 3.69. The Morgan fingerprint density at radius 3 is 2.57 bits per heavy atom. The molecule has 2 rings (SSSR count). The van der Waals surface area contributed by atoms with Crippen molar-refractivity contribution in [2.75, 3.05) is 12.4 Å². The van der Waals surface area contributed by atoms with Crippen LogP contribution in [0.2, 0.25) is 0 Å². The van der Waals surface area contributed by atoms with Gasteiger partial charge in [0, 0.05) is 12.1 Å². The molecule has 0 spiro atoms. The van der Waals surface area contributed by atoms with E-state index in [2.05, 4.69) is 21.2 Å². The van der Waals surface area contributed by atoms with Gasteiger partial charge in [0.05, 0.1) is 17.3 Å². The van der Waals surface area contributed by atoms with Crippen LogP contribution >= 0.6 is 15.9 Å². The van der Waals surface area contributed by atoms with Gasteiger partial charge in [0.15, 0.2) is 11.5 Å². The Balaban J connectivity index is 2.25. The zero-order chi connectivity index (χ0) is 15.6. The van der Waals surface area contributed by atoms with Crippen molar-refractivity contribution in [3.63, 3.8) is 0 Å². The van der Waals surface area contributed by atoms with Gasteiger partial charge in [-0.1, -0.05) is 6.07 Å². The lowest BCUT2D eigenvalue weighted by Gasteiger charge is -2.17. The first kappa shape index (κ1) is 15.6. The number of ether oxygens (including phenoxy) is 1. The molecule has 21 heavy (non-hydrogen) atoms. The van der Waals surface area contributed by atoms with Crippen LogP contribution in [0.3, 0.4) is 0 Å². The van der Waals surface area contributed by atoms with Crippen molar-refractivity contribution in [3.8, 4) is 11.5 Å². The topological polar surface area (TPSA) is 41.5 Å². The SMILES string of the molecule is COc1cc(C(C)Nc2cc(Br)c(F)cc2F)ccc1O. The predicted octanol–water partition coefficient (Wildman–Crippen LogP) is 4.61. The monoisotopic (exact) mass is 357 g/mol. The normalized spacial score (nSPS) is 12.0. The van der Waals surface area contributed by atoms with E-state index in [9.17, 15) is 13.9 Å². The molecule has 112 valence electrons. The number of phenols is 1. The second-order valence-electron chi connectivity index (χ2n) is 4.54. The van der Waals surface area contributed by atoms with E-state index in [1.165, 1.54) is 19.2 Å². The number of phenolic OH excluding ortho intramolecular Hbond substituents is 1. The van der Waals surface area contributed by atoms with Crippen molar-refractivity contribution in [1.29, 1.82) is 0 Å². The fourth-order valence-electron chi connectivity index (χ4n) is 1.91. The summed E-state index contributed by atoms with van der Waals surface area (Å²) in [5.41, 5.74) is 0.979. The van der Waals surface area contributed by atoms with Gasteiger partial charge in [-0.15, -0.1) is 0 Å². The summed E-state index contributed by atoms with van der Waals surface area (Å²) in [7, 11) is 1.45. The second-order valence-corrected chi connectivity index (χ2v) is 5.40. The quantitative estimate of drug-likeness (QED) is 0.784. The molecule has 0 aromatic heterocycles. The average molecular weight is 358 g/mol. The minimum absolute atomic E-state index is 0.0316. The number of aromatic hydroxyl groups is 1. The molecule has 0 heterocycles. The second kappa shape index (κ2) is 6.30. The first-order chi connectivity index (χ1) is 9.92. The maximum atomic E-state index is 13.7. The van der Waals surface area contributed by atoms with Gasteiger partial charge in [-0.05, 0) is 46.6 Å². The summed E-state index contributed by atoms with van der Waals surface area (Å²) in [4.78, 5) is 0. The van der Waals surface area contributed by atoms with Crippen LogP contribution in [0.15, 0.2) is 34.8 Å². The molecule has 2 aromatic rings. The van der Waals surface area contributed by atoms with E-state index in [0.717, 1.165) is 11.6 Å². The van der Waals surface area contributed by atoms with Crippen LogP contribution < -0.4 is 10.1 Å². The van der Waals surface area contributed by atoms with Crippen molar-refractivity contribution < 1.29 is 18.6 Å². The van der Waals surface area contributed by atoms with Gasteiger partial charge in [0.1, 0.15) is 11.6 Å². The summed E-state index contributed by atoms with van der Waals surface area (Å²) in [6.07, 6.45) is 0. The van der Waals surface area contributed by atoms with Crippen molar-refractivity contribution in [1.82, 2.24) is 0 Å². The van der Waals surface area contributed by atoms with E-state index in [1.54, 1.807) is 12.1 Å². The molecule has 0 aliphatic rings. The maximum Gasteiger partial charge on any atom is 0.160 e. The Bertz CT molecular complexity index is 664. The van der Waals surface area contributed by atoms with Crippen LogP contribution in [-0.2, 0) is 0 Å². The highest BCUT2D eigenvalue weighted by Crippen LogP contribution is 2.31. The fraction of sp³-hybridized carbons (Fsp3) is 0.200. The molecular weight excluding hydrogens is 344 g/mol. The minimum atomic E-state index is -0.673. The number of methoxy groups -OCH3 is 1. The number of nitrogens with one attached hydrogen (secondary N) is 1. The molecule has 6 heteroatoms. The number of rotatable bonds is 4. The Kier molecular flexibility index (Phi) is 4.67. The number of halogens is 3. The van der Waals surface area contributed by atoms with E-state index in [4.69, 9.17) is 4.74 Å². The van der Waals surface area contributed by atoms with Gasteiger partial charge >= 0.3 is 0 Å². The highest BCUT2D eigenvalue weighted by atomic mass is 79.9. The van der Waals surface area contributed by atoms with Crippen LogP contribution in [0.5, 0.6) is 11.5 Å². The molecule has 1 unspecified atom stereocenters. The first-order valence-electron chi connectivity index (χ1n) is 6.20. The summed E-state index contributed by atoms with van der Waals surface area (Å²) in [5.74, 6) is -0.962. The molecule has 0 radical (unpaired) electrons. The summed E-state index contributed by atoms with van der Waals surface area (Å²) < 4.78 is 32.2. The van der Waals surface area contributed by atoms with Crippen LogP contribution in [0.25, 0.3) is 0 Å². The van der Waals surface area contributed by atoms with Gasteiger partial charge in [0.2, 0.25) is 0 Å². The smallest absolute Gasteiger partial charge is 0.160 e. The first-order valence-corrected chi connectivity index (χ1v) is 6.99. The van der Waals surface area contributed by atoms with Gasteiger partial charge < -0.3 is 15.2 Å². The van der Waals surface area contributed by atoms with Gasteiger partial charge in [-0.3, -0.25) is 0 Å². The molecule has 2 aromatic carbocycles. The van der Waals surface area contributed by atoms with Crippen molar-refractivity contribution in [2.45, 2.75) is 13.0 Å². The fourth-order valence-corrected chi connectivity index (χ4v) is 2.26. The third kappa shape index (κ3) is 3.44. The largest absolute Gasteiger partial charge is 0.504 e. The van der Waals surface area contributed by atoms with Crippen LogP contribution in [-0.4, -0.2) is 12.2 Å². The van der Waals surface area contributed by atoms with Crippen LogP contribution in [0, 0.1) is 11.6 Å². The molecule has 0 bridgehead atoms. The van der Waals surface area contributed by atoms with Gasteiger partial charge in [-0.2, -0.15) is 0 Å². The van der Waals surface area contributed by atoms with Gasteiger partial charge in [0.25, 0.3) is 0 Å². The third-order valence-electron chi connectivity index (χ3n) is 3.09. The molecule has 2 N–H and O–H groups in total. The summed E-state index contributed by atoms with van der Waals surface area (Å²) in [5, 5.41) is 12.5. The number of anilines is 1. The molecule has 3 nitrogen and oxygen atoms in total. The van der Waals surface area contributed by atoms with Gasteiger partial charge in [-0.25, -0.2) is 8.78 Å². The van der Waals surface area contributed by atoms with E-state index in [1.807, 2.05) is 6.92 Å². The number of hydrogen-bond acceptors (Lipinski definition) is 3.